The largest absolute Gasteiger partial charge is 0.417 e. The third kappa shape index (κ3) is 3.56. The lowest BCUT2D eigenvalue weighted by molar-refractivity contribution is -0.137. The average Bonchev–Trinajstić information content (AvgIpc) is 2.93. The van der Waals surface area contributed by atoms with Crippen molar-refractivity contribution in [1.29, 1.82) is 0 Å². The van der Waals surface area contributed by atoms with Crippen LogP contribution in [0.25, 0.3) is 5.65 Å². The number of nitrogens with one attached hydrogen (secondary N) is 1. The fourth-order valence-corrected chi connectivity index (χ4v) is 2.47. The van der Waals surface area contributed by atoms with Gasteiger partial charge >= 0.3 is 6.18 Å². The van der Waals surface area contributed by atoms with Crippen molar-refractivity contribution in [2.45, 2.75) is 12.7 Å². The number of hydrogen-bond donors (Lipinski definition) is 1. The number of rotatable bonds is 3. The lowest BCUT2D eigenvalue weighted by atomic mass is 10.2. The molecule has 5 nitrogen and oxygen atoms in total. The van der Waals surface area contributed by atoms with Crippen molar-refractivity contribution in [2.75, 3.05) is 0 Å². The van der Waals surface area contributed by atoms with Crippen LogP contribution in [0.2, 0.25) is 0 Å². The molecule has 3 heterocycles. The van der Waals surface area contributed by atoms with Gasteiger partial charge in [-0.3, -0.25) is 9.78 Å². The molecule has 0 aliphatic carbocycles. The molecule has 3 aromatic rings. The Morgan fingerprint density at radius 2 is 2.04 bits per heavy atom. The molecular weight excluding hydrogens is 389 g/mol. The Morgan fingerprint density at radius 3 is 2.75 bits per heavy atom. The second-order valence-electron chi connectivity index (χ2n) is 4.99. The summed E-state index contributed by atoms with van der Waals surface area (Å²) in [5, 5.41) is 2.65. The van der Waals surface area contributed by atoms with Crippen LogP contribution in [0.15, 0.2) is 47.5 Å². The zero-order chi connectivity index (χ0) is 17.3. The standard InChI is InChI=1S/C15H10BrF3N4O/c16-11-3-9(4-20-5-11)14(24)21-6-12-8-23-7-10(15(17,18)19)1-2-13(23)22-12/h1-5,7-8H,6H2,(H,21,24). The number of halogens is 4. The van der Waals surface area contributed by atoms with Gasteiger partial charge < -0.3 is 9.72 Å². The van der Waals surface area contributed by atoms with Crippen molar-refractivity contribution in [3.05, 3.63) is 64.3 Å². The molecule has 0 radical (unpaired) electrons. The summed E-state index contributed by atoms with van der Waals surface area (Å²) in [7, 11) is 0. The van der Waals surface area contributed by atoms with Gasteiger partial charge in [0.1, 0.15) is 5.65 Å². The quantitative estimate of drug-likeness (QED) is 0.734. The molecular formula is C15H10BrF3N4O. The van der Waals surface area contributed by atoms with Crippen LogP contribution in [0.3, 0.4) is 0 Å². The minimum atomic E-state index is -4.42. The average molecular weight is 399 g/mol. The molecule has 1 amide bonds. The second-order valence-corrected chi connectivity index (χ2v) is 5.90. The minimum Gasteiger partial charge on any atom is -0.346 e. The van der Waals surface area contributed by atoms with Crippen LogP contribution in [-0.2, 0) is 12.7 Å². The van der Waals surface area contributed by atoms with Crippen LogP contribution in [-0.4, -0.2) is 20.3 Å². The summed E-state index contributed by atoms with van der Waals surface area (Å²) in [5.41, 5.74) is 0.428. The number of hydrogen-bond acceptors (Lipinski definition) is 3. The molecule has 0 unspecified atom stereocenters. The van der Waals surface area contributed by atoms with Crippen molar-refractivity contribution in [3.63, 3.8) is 0 Å². The summed E-state index contributed by atoms with van der Waals surface area (Å²) < 4.78 is 40.0. The third-order valence-corrected chi connectivity index (χ3v) is 3.66. The van der Waals surface area contributed by atoms with Gasteiger partial charge in [-0.1, -0.05) is 0 Å². The number of pyridine rings is 2. The summed E-state index contributed by atoms with van der Waals surface area (Å²) >= 11 is 3.22. The number of alkyl halides is 3. The van der Waals surface area contributed by atoms with Crippen LogP contribution in [0.5, 0.6) is 0 Å². The van der Waals surface area contributed by atoms with Gasteiger partial charge in [-0.05, 0) is 34.1 Å². The Hall–Kier alpha value is -2.42. The fraction of sp³-hybridized carbons (Fsp3) is 0.133. The van der Waals surface area contributed by atoms with Crippen LogP contribution in [0.4, 0.5) is 13.2 Å². The summed E-state index contributed by atoms with van der Waals surface area (Å²) in [6.07, 6.45) is 0.965. The lowest BCUT2D eigenvalue weighted by Crippen LogP contribution is -2.23. The van der Waals surface area contributed by atoms with Gasteiger partial charge in [-0.15, -0.1) is 0 Å². The molecule has 0 aliphatic heterocycles. The summed E-state index contributed by atoms with van der Waals surface area (Å²) in [4.78, 5) is 20.1. The summed E-state index contributed by atoms with van der Waals surface area (Å²) in [6.45, 7) is 0.0916. The number of carbonyl (C=O) groups is 1. The van der Waals surface area contributed by atoms with Crippen LogP contribution < -0.4 is 5.32 Å². The third-order valence-electron chi connectivity index (χ3n) is 3.23. The summed E-state index contributed by atoms with van der Waals surface area (Å²) in [6, 6.07) is 3.87. The normalized spacial score (nSPS) is 11.7. The Labute approximate surface area is 142 Å². The molecule has 9 heteroatoms. The minimum absolute atomic E-state index is 0.0916. The van der Waals surface area contributed by atoms with Gasteiger partial charge in [0.2, 0.25) is 0 Å². The molecule has 0 aromatic carbocycles. The number of amides is 1. The highest BCUT2D eigenvalue weighted by Crippen LogP contribution is 2.29. The number of carbonyl (C=O) groups excluding carboxylic acids is 1. The second kappa shape index (κ2) is 6.23. The molecule has 0 saturated carbocycles. The van der Waals surface area contributed by atoms with Crippen LogP contribution in [0.1, 0.15) is 21.6 Å². The SMILES string of the molecule is O=C(NCc1cn2cc(C(F)(F)F)ccc2n1)c1cncc(Br)c1. The van der Waals surface area contributed by atoms with E-state index in [2.05, 4.69) is 31.2 Å². The van der Waals surface area contributed by atoms with E-state index in [1.807, 2.05) is 0 Å². The zero-order valence-electron chi connectivity index (χ0n) is 12.0. The van der Waals surface area contributed by atoms with E-state index in [1.165, 1.54) is 22.9 Å². The molecule has 1 N–H and O–H groups in total. The van der Waals surface area contributed by atoms with Gasteiger partial charge in [0, 0.05) is 29.3 Å². The zero-order valence-corrected chi connectivity index (χ0v) is 13.6. The predicted molar refractivity (Wildman–Crippen MR) is 83.3 cm³/mol. The molecule has 0 bridgehead atoms. The van der Waals surface area contributed by atoms with E-state index in [9.17, 15) is 18.0 Å². The van der Waals surface area contributed by atoms with E-state index >= 15 is 0 Å². The van der Waals surface area contributed by atoms with Crippen LogP contribution >= 0.6 is 15.9 Å². The molecule has 0 spiro atoms. The maximum Gasteiger partial charge on any atom is 0.417 e. The van der Waals surface area contributed by atoms with Crippen molar-refractivity contribution < 1.29 is 18.0 Å². The van der Waals surface area contributed by atoms with Gasteiger partial charge in [0.15, 0.2) is 0 Å². The van der Waals surface area contributed by atoms with Crippen molar-refractivity contribution in [1.82, 2.24) is 19.7 Å². The van der Waals surface area contributed by atoms with Crippen molar-refractivity contribution in [3.8, 4) is 0 Å². The maximum atomic E-state index is 12.7. The molecule has 0 saturated heterocycles. The first-order chi connectivity index (χ1) is 11.3. The maximum absolute atomic E-state index is 12.7. The van der Waals surface area contributed by atoms with Gasteiger partial charge in [-0.25, -0.2) is 4.98 Å². The number of nitrogens with zero attached hydrogens (tertiary/aromatic N) is 3. The Kier molecular flexibility index (Phi) is 4.27. The smallest absolute Gasteiger partial charge is 0.346 e. The topological polar surface area (TPSA) is 59.3 Å². The van der Waals surface area contributed by atoms with Gasteiger partial charge in [-0.2, -0.15) is 13.2 Å². The van der Waals surface area contributed by atoms with E-state index in [0.29, 0.717) is 21.4 Å². The highest BCUT2D eigenvalue weighted by Gasteiger charge is 2.30. The molecule has 0 aliphatic rings. The Bertz CT molecular complexity index is 907. The lowest BCUT2D eigenvalue weighted by Gasteiger charge is -2.05. The van der Waals surface area contributed by atoms with Gasteiger partial charge in [0.25, 0.3) is 5.91 Å². The number of aromatic nitrogens is 3. The molecule has 124 valence electrons. The molecule has 0 fully saturated rings. The first kappa shape index (κ1) is 16.4. The predicted octanol–water partition coefficient (Wildman–Crippen LogP) is 3.44. The highest BCUT2D eigenvalue weighted by molar-refractivity contribution is 9.10. The molecule has 3 rings (SSSR count). The Balaban J connectivity index is 1.75. The van der Waals surface area contributed by atoms with E-state index in [-0.39, 0.29) is 12.5 Å². The van der Waals surface area contributed by atoms with E-state index in [0.717, 1.165) is 12.3 Å². The van der Waals surface area contributed by atoms with Crippen molar-refractivity contribution in [2.24, 2.45) is 0 Å². The first-order valence-corrected chi connectivity index (χ1v) is 7.56. The molecule has 3 aromatic heterocycles. The Morgan fingerprint density at radius 1 is 1.25 bits per heavy atom. The van der Waals surface area contributed by atoms with E-state index < -0.39 is 11.7 Å². The van der Waals surface area contributed by atoms with E-state index in [4.69, 9.17) is 0 Å². The number of imidazole rings is 1. The molecule has 0 atom stereocenters. The van der Waals surface area contributed by atoms with E-state index in [1.54, 1.807) is 12.3 Å². The first-order valence-electron chi connectivity index (χ1n) is 6.76. The number of fused-ring (bicyclic) bond motifs is 1. The summed E-state index contributed by atoms with van der Waals surface area (Å²) in [5.74, 6) is -0.350. The van der Waals surface area contributed by atoms with Gasteiger partial charge in [0.05, 0.1) is 23.4 Å². The van der Waals surface area contributed by atoms with Crippen molar-refractivity contribution >= 4 is 27.5 Å². The van der Waals surface area contributed by atoms with Crippen LogP contribution in [0, 0.1) is 0 Å². The highest BCUT2D eigenvalue weighted by atomic mass is 79.9. The monoisotopic (exact) mass is 398 g/mol. The fourth-order valence-electron chi connectivity index (χ4n) is 2.11. The molecule has 24 heavy (non-hydrogen) atoms.